The van der Waals surface area contributed by atoms with Crippen molar-refractivity contribution in [3.05, 3.63) is 29.8 Å². The molecule has 0 saturated heterocycles. The van der Waals surface area contributed by atoms with Crippen molar-refractivity contribution < 1.29 is 5.11 Å². The van der Waals surface area contributed by atoms with Crippen molar-refractivity contribution in [3.63, 3.8) is 0 Å². The van der Waals surface area contributed by atoms with Gasteiger partial charge >= 0.3 is 0 Å². The quantitative estimate of drug-likeness (QED) is 0.864. The molecule has 3 unspecified atom stereocenters. The molecule has 1 aromatic rings. The van der Waals surface area contributed by atoms with E-state index >= 15 is 0 Å². The van der Waals surface area contributed by atoms with Crippen molar-refractivity contribution in [1.29, 1.82) is 0 Å². The van der Waals surface area contributed by atoms with Gasteiger partial charge in [-0.3, -0.25) is 0 Å². The molecular formula is C15H23NO. The molecule has 2 heteroatoms. The molecule has 0 saturated carbocycles. The first kappa shape index (κ1) is 12.4. The molecular weight excluding hydrogens is 210 g/mol. The number of aliphatic hydroxyl groups excluding tert-OH is 1. The van der Waals surface area contributed by atoms with Gasteiger partial charge in [0.15, 0.2) is 0 Å². The highest BCUT2D eigenvalue weighted by molar-refractivity contribution is 5.59. The Morgan fingerprint density at radius 3 is 2.82 bits per heavy atom. The van der Waals surface area contributed by atoms with Crippen LogP contribution >= 0.6 is 0 Å². The highest BCUT2D eigenvalue weighted by Gasteiger charge is 2.28. The molecule has 1 N–H and O–H groups in total. The van der Waals surface area contributed by atoms with E-state index in [1.165, 1.54) is 11.3 Å². The third kappa shape index (κ3) is 2.47. The van der Waals surface area contributed by atoms with Crippen LogP contribution in [0.3, 0.4) is 0 Å². The zero-order valence-electron chi connectivity index (χ0n) is 11.1. The second-order valence-corrected chi connectivity index (χ2v) is 5.29. The van der Waals surface area contributed by atoms with Gasteiger partial charge in [0.05, 0.1) is 6.10 Å². The zero-order chi connectivity index (χ0) is 12.4. The Hall–Kier alpha value is -1.02. The van der Waals surface area contributed by atoms with Crippen LogP contribution in [0.2, 0.25) is 0 Å². The first-order chi connectivity index (χ1) is 8.13. The number of anilines is 1. The lowest BCUT2D eigenvalue weighted by molar-refractivity contribution is 0.119. The molecule has 0 fully saturated rings. The van der Waals surface area contributed by atoms with Crippen LogP contribution in [0.15, 0.2) is 24.3 Å². The van der Waals surface area contributed by atoms with E-state index < -0.39 is 0 Å². The lowest BCUT2D eigenvalue weighted by Gasteiger charge is -2.29. The summed E-state index contributed by atoms with van der Waals surface area (Å²) in [5.41, 5.74) is 2.72. The highest BCUT2D eigenvalue weighted by Crippen LogP contribution is 2.32. The summed E-state index contributed by atoms with van der Waals surface area (Å²) in [6, 6.07) is 9.05. The number of aliphatic hydroxyl groups is 1. The van der Waals surface area contributed by atoms with Crippen molar-refractivity contribution in [3.8, 4) is 0 Å². The SMILES string of the molecule is CCC(C)C(O)CN1c2ccccc2CC1C. The summed E-state index contributed by atoms with van der Waals surface area (Å²) >= 11 is 0. The lowest BCUT2D eigenvalue weighted by atomic mass is 10.0. The summed E-state index contributed by atoms with van der Waals surface area (Å²) in [5, 5.41) is 10.2. The van der Waals surface area contributed by atoms with Gasteiger partial charge in [0, 0.05) is 18.3 Å². The molecule has 2 rings (SSSR count). The molecule has 94 valence electrons. The summed E-state index contributed by atoms with van der Waals surface area (Å²) in [6.07, 6.45) is 1.91. The molecule has 0 spiro atoms. The summed E-state index contributed by atoms with van der Waals surface area (Å²) in [6.45, 7) is 7.25. The fraction of sp³-hybridized carbons (Fsp3) is 0.600. The number of hydrogen-bond donors (Lipinski definition) is 1. The minimum absolute atomic E-state index is 0.228. The summed E-state index contributed by atoms with van der Waals surface area (Å²) in [5.74, 6) is 0.370. The molecule has 0 aromatic heterocycles. The Morgan fingerprint density at radius 1 is 1.41 bits per heavy atom. The first-order valence-electron chi connectivity index (χ1n) is 6.66. The van der Waals surface area contributed by atoms with E-state index in [0.717, 1.165) is 19.4 Å². The first-order valence-corrected chi connectivity index (χ1v) is 6.66. The zero-order valence-corrected chi connectivity index (χ0v) is 11.1. The van der Waals surface area contributed by atoms with Gasteiger partial charge in [-0.2, -0.15) is 0 Å². The maximum absolute atomic E-state index is 10.2. The van der Waals surface area contributed by atoms with E-state index in [0.29, 0.717) is 12.0 Å². The van der Waals surface area contributed by atoms with E-state index in [1.807, 2.05) is 0 Å². The van der Waals surface area contributed by atoms with Crippen LogP contribution < -0.4 is 4.90 Å². The van der Waals surface area contributed by atoms with Gasteiger partial charge in [0.1, 0.15) is 0 Å². The Morgan fingerprint density at radius 2 is 2.12 bits per heavy atom. The van der Waals surface area contributed by atoms with Gasteiger partial charge in [0.2, 0.25) is 0 Å². The predicted octanol–water partition coefficient (Wildman–Crippen LogP) is 2.84. The van der Waals surface area contributed by atoms with Crippen molar-refractivity contribution in [1.82, 2.24) is 0 Å². The minimum Gasteiger partial charge on any atom is -0.391 e. The Labute approximate surface area is 104 Å². The fourth-order valence-electron chi connectivity index (χ4n) is 2.56. The van der Waals surface area contributed by atoms with Crippen molar-refractivity contribution in [2.24, 2.45) is 5.92 Å². The van der Waals surface area contributed by atoms with Gasteiger partial charge in [0.25, 0.3) is 0 Å². The lowest BCUT2D eigenvalue weighted by Crippen LogP contribution is -2.39. The summed E-state index contributed by atoms with van der Waals surface area (Å²) in [4.78, 5) is 2.35. The monoisotopic (exact) mass is 233 g/mol. The Bertz CT molecular complexity index is 377. The van der Waals surface area contributed by atoms with Crippen molar-refractivity contribution in [2.45, 2.75) is 45.8 Å². The smallest absolute Gasteiger partial charge is 0.0740 e. The number of rotatable bonds is 4. The van der Waals surface area contributed by atoms with Crippen LogP contribution in [0.1, 0.15) is 32.8 Å². The van der Waals surface area contributed by atoms with Crippen LogP contribution in [0, 0.1) is 5.92 Å². The molecule has 0 amide bonds. The number of fused-ring (bicyclic) bond motifs is 1. The molecule has 2 nitrogen and oxygen atoms in total. The predicted molar refractivity (Wildman–Crippen MR) is 72.4 cm³/mol. The van der Waals surface area contributed by atoms with E-state index in [9.17, 15) is 5.11 Å². The number of para-hydroxylation sites is 1. The van der Waals surface area contributed by atoms with E-state index in [4.69, 9.17) is 0 Å². The van der Waals surface area contributed by atoms with Crippen LogP contribution in [0.4, 0.5) is 5.69 Å². The van der Waals surface area contributed by atoms with Gasteiger partial charge in [-0.25, -0.2) is 0 Å². The van der Waals surface area contributed by atoms with Crippen LogP contribution in [-0.4, -0.2) is 23.8 Å². The average Bonchev–Trinajstić information content (AvgIpc) is 2.65. The minimum atomic E-state index is -0.228. The normalized spacial score (nSPS) is 22.4. The molecule has 1 aliphatic heterocycles. The maximum Gasteiger partial charge on any atom is 0.0740 e. The second-order valence-electron chi connectivity index (χ2n) is 5.29. The third-order valence-corrected chi connectivity index (χ3v) is 4.03. The van der Waals surface area contributed by atoms with E-state index in [2.05, 4.69) is 49.9 Å². The number of benzene rings is 1. The molecule has 0 bridgehead atoms. The van der Waals surface area contributed by atoms with Gasteiger partial charge in [-0.1, -0.05) is 38.5 Å². The topological polar surface area (TPSA) is 23.5 Å². The summed E-state index contributed by atoms with van der Waals surface area (Å²) in [7, 11) is 0. The third-order valence-electron chi connectivity index (χ3n) is 4.03. The van der Waals surface area contributed by atoms with Crippen LogP contribution in [0.5, 0.6) is 0 Å². The van der Waals surface area contributed by atoms with Crippen molar-refractivity contribution in [2.75, 3.05) is 11.4 Å². The largest absolute Gasteiger partial charge is 0.391 e. The standard InChI is InChI=1S/C15H23NO/c1-4-11(2)15(17)10-16-12(3)9-13-7-5-6-8-14(13)16/h5-8,11-12,15,17H,4,9-10H2,1-3H3. The molecule has 1 aromatic carbocycles. The van der Waals surface area contributed by atoms with E-state index in [1.54, 1.807) is 0 Å². The second kappa shape index (κ2) is 5.09. The Kier molecular flexibility index (Phi) is 3.72. The van der Waals surface area contributed by atoms with Crippen LogP contribution in [0.25, 0.3) is 0 Å². The number of hydrogen-bond acceptors (Lipinski definition) is 2. The summed E-state index contributed by atoms with van der Waals surface area (Å²) < 4.78 is 0. The molecule has 1 aliphatic rings. The number of nitrogens with zero attached hydrogens (tertiary/aromatic N) is 1. The van der Waals surface area contributed by atoms with Crippen molar-refractivity contribution >= 4 is 5.69 Å². The average molecular weight is 233 g/mol. The van der Waals surface area contributed by atoms with Gasteiger partial charge < -0.3 is 10.0 Å². The maximum atomic E-state index is 10.2. The molecule has 3 atom stereocenters. The molecule has 1 heterocycles. The van der Waals surface area contributed by atoms with Gasteiger partial charge in [-0.05, 0) is 30.9 Å². The molecule has 0 radical (unpaired) electrons. The van der Waals surface area contributed by atoms with Crippen LogP contribution in [-0.2, 0) is 6.42 Å². The van der Waals surface area contributed by atoms with E-state index in [-0.39, 0.29) is 6.10 Å². The molecule has 0 aliphatic carbocycles. The number of β-amino-alcohol motifs (C(OH)–C–C–N with tert-alkyl or cyclic N) is 1. The fourth-order valence-corrected chi connectivity index (χ4v) is 2.56. The Balaban J connectivity index is 2.11. The van der Waals surface area contributed by atoms with Gasteiger partial charge in [-0.15, -0.1) is 0 Å². The molecule has 17 heavy (non-hydrogen) atoms. The highest BCUT2D eigenvalue weighted by atomic mass is 16.3.